The van der Waals surface area contributed by atoms with Gasteiger partial charge in [-0.05, 0) is 68.4 Å². The van der Waals surface area contributed by atoms with Crippen LogP contribution < -0.4 is 0 Å². The van der Waals surface area contributed by atoms with Crippen molar-refractivity contribution < 1.29 is 17.9 Å². The van der Waals surface area contributed by atoms with Crippen LogP contribution >= 0.6 is 22.4 Å². The van der Waals surface area contributed by atoms with E-state index in [-0.39, 0.29) is 22.8 Å². The van der Waals surface area contributed by atoms with Gasteiger partial charge in [0.15, 0.2) is 0 Å². The number of hydrogen-bond donors (Lipinski definition) is 0. The number of carbonyl (C=O) groups excluding carboxylic acids is 1. The van der Waals surface area contributed by atoms with Crippen LogP contribution in [0, 0.1) is 12.3 Å². The summed E-state index contributed by atoms with van der Waals surface area (Å²) in [5.41, 5.74) is 3.72. The van der Waals surface area contributed by atoms with Crippen molar-refractivity contribution in [3.8, 4) is 0 Å². The third-order valence-electron chi connectivity index (χ3n) is 5.29. The van der Waals surface area contributed by atoms with E-state index in [0.717, 1.165) is 34.7 Å². The maximum atomic E-state index is 12.2. The van der Waals surface area contributed by atoms with E-state index in [1.54, 1.807) is 23.9 Å². The predicted molar refractivity (Wildman–Crippen MR) is 115 cm³/mol. The molecule has 0 N–H and O–H groups in total. The quantitative estimate of drug-likeness (QED) is 0.455. The van der Waals surface area contributed by atoms with Crippen molar-refractivity contribution in [2.75, 3.05) is 6.61 Å². The fourth-order valence-electron chi connectivity index (χ4n) is 3.80. The van der Waals surface area contributed by atoms with E-state index in [4.69, 9.17) is 15.4 Å². The number of esters is 1. The van der Waals surface area contributed by atoms with Gasteiger partial charge >= 0.3 is 5.97 Å². The van der Waals surface area contributed by atoms with E-state index in [1.807, 2.05) is 13.8 Å². The Kier molecular flexibility index (Phi) is 6.41. The molecular formula is C21H26ClNO4S2. The zero-order chi connectivity index (χ0) is 21.4. The van der Waals surface area contributed by atoms with Gasteiger partial charge in [0.25, 0.3) is 9.05 Å². The van der Waals surface area contributed by atoms with Crippen LogP contribution in [-0.2, 0) is 38.0 Å². The minimum atomic E-state index is -3.74. The lowest BCUT2D eigenvalue weighted by Crippen LogP contribution is -2.24. The highest BCUT2D eigenvalue weighted by Crippen LogP contribution is 2.44. The summed E-state index contributed by atoms with van der Waals surface area (Å²) in [5, 5.41) is 0. The van der Waals surface area contributed by atoms with Crippen LogP contribution in [0.25, 0.3) is 0 Å². The van der Waals surface area contributed by atoms with Crippen LogP contribution in [0.4, 0.5) is 0 Å². The highest BCUT2D eigenvalue weighted by atomic mass is 35.7. The van der Waals surface area contributed by atoms with Gasteiger partial charge < -0.3 is 9.30 Å². The summed E-state index contributed by atoms with van der Waals surface area (Å²) in [4.78, 5) is 14.3. The second-order valence-corrected chi connectivity index (χ2v) is 11.7. The zero-order valence-corrected chi connectivity index (χ0v) is 19.5. The summed E-state index contributed by atoms with van der Waals surface area (Å²) in [5.74, 6) is -0.230. The molecule has 158 valence electrons. The smallest absolute Gasteiger partial charge is 0.325 e. The van der Waals surface area contributed by atoms with Gasteiger partial charge in [-0.25, -0.2) is 8.42 Å². The van der Waals surface area contributed by atoms with E-state index in [9.17, 15) is 13.2 Å². The minimum Gasteiger partial charge on any atom is -0.465 e. The summed E-state index contributed by atoms with van der Waals surface area (Å²) in [7, 11) is 1.68. The van der Waals surface area contributed by atoms with Gasteiger partial charge in [0.2, 0.25) is 0 Å². The molecule has 0 unspecified atom stereocenters. The van der Waals surface area contributed by atoms with Crippen LogP contribution in [0.3, 0.4) is 0 Å². The molecule has 0 atom stereocenters. The number of benzene rings is 1. The van der Waals surface area contributed by atoms with Crippen LogP contribution in [-0.4, -0.2) is 25.6 Å². The second kappa shape index (κ2) is 8.36. The lowest BCUT2D eigenvalue weighted by Gasteiger charge is -2.30. The molecule has 0 fully saturated rings. The van der Waals surface area contributed by atoms with Gasteiger partial charge in [-0.2, -0.15) is 0 Å². The van der Waals surface area contributed by atoms with Crippen molar-refractivity contribution in [1.82, 2.24) is 4.57 Å². The largest absolute Gasteiger partial charge is 0.465 e. The first kappa shape index (κ1) is 22.2. The molecule has 1 aliphatic carbocycles. The Balaban J connectivity index is 1.99. The Morgan fingerprint density at radius 3 is 2.52 bits per heavy atom. The van der Waals surface area contributed by atoms with E-state index in [0.29, 0.717) is 6.61 Å². The highest BCUT2D eigenvalue weighted by Gasteiger charge is 2.32. The lowest BCUT2D eigenvalue weighted by atomic mass is 9.76. The van der Waals surface area contributed by atoms with E-state index >= 15 is 0 Å². The Labute approximate surface area is 181 Å². The molecule has 0 saturated carbocycles. The maximum Gasteiger partial charge on any atom is 0.325 e. The number of ether oxygens (including phenoxy) is 1. The first-order valence-electron chi connectivity index (χ1n) is 9.61. The maximum absolute atomic E-state index is 12.2. The molecular weight excluding hydrogens is 430 g/mol. The number of nitrogens with zero attached hydrogens (tertiary/aromatic N) is 1. The number of hydrogen-bond acceptors (Lipinski definition) is 5. The van der Waals surface area contributed by atoms with E-state index in [1.165, 1.54) is 23.4 Å². The minimum absolute atomic E-state index is 0.0864. The van der Waals surface area contributed by atoms with Crippen molar-refractivity contribution in [3.63, 3.8) is 0 Å². The Hall–Kier alpha value is -1.44. The standard InChI is InChI=1S/C21H26ClNO4S2/c1-5-27-19(24)13-23-14(2)20(17-12-21(3,4)11-10-18(17)23)28-15-6-8-16(9-7-15)29(22,25)26/h6-9H,5,10-13H2,1-4H3. The summed E-state index contributed by atoms with van der Waals surface area (Å²) < 4.78 is 30.2. The number of rotatable bonds is 6. The van der Waals surface area contributed by atoms with Gasteiger partial charge in [0.05, 0.1) is 11.5 Å². The molecule has 2 aromatic rings. The van der Waals surface area contributed by atoms with Gasteiger partial charge in [-0.15, -0.1) is 0 Å². The van der Waals surface area contributed by atoms with Gasteiger partial charge in [-0.3, -0.25) is 4.79 Å². The fourth-order valence-corrected chi connectivity index (χ4v) is 5.65. The monoisotopic (exact) mass is 455 g/mol. The molecule has 5 nitrogen and oxygen atoms in total. The summed E-state index contributed by atoms with van der Waals surface area (Å²) in [6, 6.07) is 6.57. The first-order chi connectivity index (χ1) is 13.5. The van der Waals surface area contributed by atoms with E-state index in [2.05, 4.69) is 18.4 Å². The number of aromatic nitrogens is 1. The Bertz CT molecular complexity index is 1020. The molecule has 3 rings (SSSR count). The summed E-state index contributed by atoms with van der Waals surface area (Å²) in [6.45, 7) is 8.96. The lowest BCUT2D eigenvalue weighted by molar-refractivity contribution is -0.143. The third-order valence-corrected chi connectivity index (χ3v) is 7.92. The van der Waals surface area contributed by atoms with Gasteiger partial charge in [-0.1, -0.05) is 25.6 Å². The average Bonchev–Trinajstić information content (AvgIpc) is 2.86. The summed E-state index contributed by atoms with van der Waals surface area (Å²) in [6.07, 6.45) is 2.93. The molecule has 29 heavy (non-hydrogen) atoms. The topological polar surface area (TPSA) is 65.4 Å². The predicted octanol–water partition coefficient (Wildman–Crippen LogP) is 4.95. The second-order valence-electron chi connectivity index (χ2n) is 8.08. The van der Waals surface area contributed by atoms with Crippen LogP contribution in [0.1, 0.15) is 44.1 Å². The Morgan fingerprint density at radius 1 is 1.28 bits per heavy atom. The van der Waals surface area contributed by atoms with Crippen molar-refractivity contribution in [2.24, 2.45) is 5.41 Å². The zero-order valence-electron chi connectivity index (χ0n) is 17.1. The molecule has 1 aromatic heterocycles. The van der Waals surface area contributed by atoms with Crippen LogP contribution in [0.2, 0.25) is 0 Å². The number of fused-ring (bicyclic) bond motifs is 1. The number of carbonyl (C=O) groups is 1. The SMILES string of the molecule is CCOC(=O)Cn1c(C)c(Sc2ccc(S(=O)(=O)Cl)cc2)c2c1CCC(C)(C)C2. The van der Waals surface area contributed by atoms with Gasteiger partial charge in [0, 0.05) is 31.9 Å². The van der Waals surface area contributed by atoms with Crippen LogP contribution in [0.15, 0.2) is 39.0 Å². The van der Waals surface area contributed by atoms with Crippen molar-refractivity contribution in [3.05, 3.63) is 41.2 Å². The Morgan fingerprint density at radius 2 is 1.93 bits per heavy atom. The van der Waals surface area contributed by atoms with Crippen molar-refractivity contribution >= 4 is 37.5 Å². The first-order valence-corrected chi connectivity index (χ1v) is 12.7. The molecule has 0 saturated heterocycles. The third kappa shape index (κ3) is 5.01. The fraction of sp³-hybridized carbons (Fsp3) is 0.476. The summed E-state index contributed by atoms with van der Waals surface area (Å²) >= 11 is 1.60. The van der Waals surface area contributed by atoms with Crippen molar-refractivity contribution in [2.45, 2.75) is 68.2 Å². The van der Waals surface area contributed by atoms with Gasteiger partial charge in [0.1, 0.15) is 6.54 Å². The molecule has 0 bridgehead atoms. The molecule has 0 spiro atoms. The highest BCUT2D eigenvalue weighted by molar-refractivity contribution is 8.13. The molecule has 1 aliphatic rings. The van der Waals surface area contributed by atoms with E-state index < -0.39 is 9.05 Å². The molecule has 0 radical (unpaired) electrons. The number of halogens is 1. The molecule has 0 amide bonds. The normalized spacial score (nSPS) is 15.8. The molecule has 0 aliphatic heterocycles. The molecule has 1 heterocycles. The molecule has 8 heteroatoms. The van der Waals surface area contributed by atoms with Crippen LogP contribution in [0.5, 0.6) is 0 Å². The average molecular weight is 456 g/mol. The molecule has 1 aromatic carbocycles. The van der Waals surface area contributed by atoms with Crippen molar-refractivity contribution in [1.29, 1.82) is 0 Å².